The third-order valence-corrected chi connectivity index (χ3v) is 4.72. The molecule has 1 aliphatic heterocycles. The van der Waals surface area contributed by atoms with Crippen molar-refractivity contribution in [1.82, 2.24) is 4.57 Å². The summed E-state index contributed by atoms with van der Waals surface area (Å²) in [5, 5.41) is 0. The van der Waals surface area contributed by atoms with E-state index in [2.05, 4.69) is 0 Å². The first-order valence-electron chi connectivity index (χ1n) is 8.57. The molecule has 0 spiro atoms. The number of benzene rings is 1. The molecule has 0 radical (unpaired) electrons. The van der Waals surface area contributed by atoms with Crippen molar-refractivity contribution in [2.75, 3.05) is 14.2 Å². The van der Waals surface area contributed by atoms with Crippen LogP contribution in [0, 0.1) is 6.92 Å². The van der Waals surface area contributed by atoms with Crippen LogP contribution in [0.4, 0.5) is 0 Å². The Morgan fingerprint density at radius 2 is 2.04 bits per heavy atom. The number of aromatic nitrogens is 1. The number of hydrogen-bond donors (Lipinski definition) is 1. The van der Waals surface area contributed by atoms with Crippen LogP contribution >= 0.6 is 0 Å². The van der Waals surface area contributed by atoms with E-state index < -0.39 is 11.9 Å². The molecular weight excluding hydrogens is 348 g/mol. The summed E-state index contributed by atoms with van der Waals surface area (Å²) in [5.41, 5.74) is 7.72. The molecule has 7 heteroatoms. The van der Waals surface area contributed by atoms with Crippen LogP contribution in [0.25, 0.3) is 0 Å². The Balaban J connectivity index is 2.35. The lowest BCUT2D eigenvalue weighted by Gasteiger charge is -2.29. The van der Waals surface area contributed by atoms with Gasteiger partial charge in [0.2, 0.25) is 5.88 Å². The smallest absolute Gasteiger partial charge is 0.340 e. The zero-order chi connectivity index (χ0) is 19.7. The van der Waals surface area contributed by atoms with Gasteiger partial charge in [-0.3, -0.25) is 4.79 Å². The fraction of sp³-hybridized carbons (Fsp3) is 0.300. The molecule has 0 aliphatic carbocycles. The molecule has 1 aromatic heterocycles. The Kier molecular flexibility index (Phi) is 4.94. The van der Waals surface area contributed by atoms with Gasteiger partial charge in [-0.2, -0.15) is 0 Å². The van der Waals surface area contributed by atoms with E-state index in [0.29, 0.717) is 29.2 Å². The van der Waals surface area contributed by atoms with Crippen LogP contribution in [0.1, 0.15) is 29.7 Å². The molecule has 7 nitrogen and oxygen atoms in total. The quantitative estimate of drug-likeness (QED) is 0.828. The standard InChI is InChI=1S/C20H22N2O5/c1-5-22-11(2)9-14-16(19(22)23)15(12-7-6-8-13(10-12)25-3)17(18(21)27-14)20(24)26-4/h6-10,15H,5,21H2,1-4H3. The average Bonchev–Trinajstić information content (AvgIpc) is 2.66. The lowest BCUT2D eigenvalue weighted by atomic mass is 9.83. The first kappa shape index (κ1) is 18.6. The number of esters is 1. The van der Waals surface area contributed by atoms with E-state index in [-0.39, 0.29) is 17.0 Å². The van der Waals surface area contributed by atoms with Gasteiger partial charge in [0.1, 0.15) is 17.1 Å². The molecule has 0 amide bonds. The van der Waals surface area contributed by atoms with Crippen molar-refractivity contribution in [2.45, 2.75) is 26.3 Å². The maximum Gasteiger partial charge on any atom is 0.340 e. The Labute approximate surface area is 157 Å². The summed E-state index contributed by atoms with van der Waals surface area (Å²) in [7, 11) is 2.82. The highest BCUT2D eigenvalue weighted by molar-refractivity contribution is 5.92. The van der Waals surface area contributed by atoms with Gasteiger partial charge >= 0.3 is 5.97 Å². The highest BCUT2D eigenvalue weighted by Gasteiger charge is 2.38. The number of ether oxygens (including phenoxy) is 3. The predicted molar refractivity (Wildman–Crippen MR) is 99.8 cm³/mol. The van der Waals surface area contributed by atoms with Crippen LogP contribution in [0.15, 0.2) is 46.6 Å². The first-order chi connectivity index (χ1) is 12.9. The third kappa shape index (κ3) is 3.05. The van der Waals surface area contributed by atoms with Crippen molar-refractivity contribution in [3.63, 3.8) is 0 Å². The molecule has 0 bridgehead atoms. The molecule has 142 valence electrons. The SMILES string of the molecule is CCn1c(C)cc2c(c1=O)C(c1cccc(OC)c1)C(C(=O)OC)=C(N)O2. The summed E-state index contributed by atoms with van der Waals surface area (Å²) in [4.78, 5) is 25.7. The fourth-order valence-corrected chi connectivity index (χ4v) is 3.44. The van der Waals surface area contributed by atoms with E-state index in [1.807, 2.05) is 19.9 Å². The average molecular weight is 370 g/mol. The normalized spacial score (nSPS) is 15.8. The summed E-state index contributed by atoms with van der Waals surface area (Å²) in [6, 6.07) is 8.92. The van der Waals surface area contributed by atoms with Crippen molar-refractivity contribution < 1.29 is 19.0 Å². The second kappa shape index (κ2) is 7.19. The van der Waals surface area contributed by atoms with Gasteiger partial charge in [-0.25, -0.2) is 4.79 Å². The van der Waals surface area contributed by atoms with Gasteiger partial charge in [-0.1, -0.05) is 12.1 Å². The minimum atomic E-state index is -0.720. The number of nitrogens with two attached hydrogens (primary N) is 1. The van der Waals surface area contributed by atoms with E-state index >= 15 is 0 Å². The Morgan fingerprint density at radius 1 is 1.30 bits per heavy atom. The van der Waals surface area contributed by atoms with Gasteiger partial charge in [-0.05, 0) is 31.5 Å². The fourth-order valence-electron chi connectivity index (χ4n) is 3.44. The lowest BCUT2D eigenvalue weighted by Crippen LogP contribution is -2.34. The van der Waals surface area contributed by atoms with Crippen molar-refractivity contribution in [3.8, 4) is 11.5 Å². The number of pyridine rings is 1. The second-order valence-electron chi connectivity index (χ2n) is 6.19. The summed E-state index contributed by atoms with van der Waals surface area (Å²) >= 11 is 0. The minimum absolute atomic E-state index is 0.0739. The van der Waals surface area contributed by atoms with Gasteiger partial charge in [0.15, 0.2) is 0 Å². The molecule has 3 rings (SSSR count). The number of hydrogen-bond acceptors (Lipinski definition) is 6. The van der Waals surface area contributed by atoms with Crippen LogP contribution in [-0.4, -0.2) is 24.8 Å². The second-order valence-corrected chi connectivity index (χ2v) is 6.19. The highest BCUT2D eigenvalue weighted by atomic mass is 16.5. The molecule has 0 saturated heterocycles. The van der Waals surface area contributed by atoms with Crippen LogP contribution in [0.3, 0.4) is 0 Å². The number of rotatable bonds is 4. The van der Waals surface area contributed by atoms with Crippen LogP contribution in [0.2, 0.25) is 0 Å². The molecule has 1 atom stereocenters. The predicted octanol–water partition coefficient (Wildman–Crippen LogP) is 2.05. The molecule has 0 saturated carbocycles. The topological polar surface area (TPSA) is 92.8 Å². The zero-order valence-electron chi connectivity index (χ0n) is 15.7. The van der Waals surface area contributed by atoms with E-state index in [1.165, 1.54) is 7.11 Å². The summed E-state index contributed by atoms with van der Waals surface area (Å²) < 4.78 is 17.5. The van der Waals surface area contributed by atoms with E-state index in [0.717, 1.165) is 5.69 Å². The van der Waals surface area contributed by atoms with Crippen molar-refractivity contribution in [1.29, 1.82) is 0 Å². The summed E-state index contributed by atoms with van der Waals surface area (Å²) in [5.74, 6) is -0.488. The summed E-state index contributed by atoms with van der Waals surface area (Å²) in [6.45, 7) is 4.21. The van der Waals surface area contributed by atoms with Crippen LogP contribution < -0.4 is 20.8 Å². The number of carbonyl (C=O) groups excluding carboxylic acids is 1. The summed E-state index contributed by atoms with van der Waals surface area (Å²) in [6.07, 6.45) is 0. The van der Waals surface area contributed by atoms with Crippen LogP contribution in [-0.2, 0) is 16.1 Å². The maximum absolute atomic E-state index is 13.2. The number of methoxy groups -OCH3 is 2. The van der Waals surface area contributed by atoms with E-state index in [1.54, 1.807) is 35.9 Å². The highest BCUT2D eigenvalue weighted by Crippen LogP contribution is 2.41. The molecular formula is C20H22N2O5. The molecule has 2 aromatic rings. The number of fused-ring (bicyclic) bond motifs is 1. The van der Waals surface area contributed by atoms with Crippen molar-refractivity contribution in [3.05, 3.63) is 69.0 Å². The van der Waals surface area contributed by atoms with Gasteiger partial charge in [0.25, 0.3) is 5.56 Å². The number of nitrogens with zero attached hydrogens (tertiary/aromatic N) is 1. The van der Waals surface area contributed by atoms with E-state index in [4.69, 9.17) is 19.9 Å². The van der Waals surface area contributed by atoms with Gasteiger partial charge in [0, 0.05) is 18.3 Å². The molecule has 2 heterocycles. The van der Waals surface area contributed by atoms with Gasteiger partial charge < -0.3 is 24.5 Å². The Bertz CT molecular complexity index is 990. The molecule has 1 unspecified atom stereocenters. The molecule has 1 aliphatic rings. The minimum Gasteiger partial charge on any atom is -0.497 e. The number of aryl methyl sites for hydroxylation is 1. The van der Waals surface area contributed by atoms with Crippen LogP contribution in [0.5, 0.6) is 11.5 Å². The third-order valence-electron chi connectivity index (χ3n) is 4.72. The monoisotopic (exact) mass is 370 g/mol. The van der Waals surface area contributed by atoms with E-state index in [9.17, 15) is 9.59 Å². The Hall–Kier alpha value is -3.22. The Morgan fingerprint density at radius 3 is 2.67 bits per heavy atom. The molecule has 0 fully saturated rings. The van der Waals surface area contributed by atoms with Gasteiger partial charge in [-0.15, -0.1) is 0 Å². The molecule has 1 aromatic carbocycles. The first-order valence-corrected chi connectivity index (χ1v) is 8.57. The molecule has 27 heavy (non-hydrogen) atoms. The largest absolute Gasteiger partial charge is 0.497 e. The van der Waals surface area contributed by atoms with Crippen molar-refractivity contribution in [2.24, 2.45) is 5.73 Å². The van der Waals surface area contributed by atoms with Crippen molar-refractivity contribution >= 4 is 5.97 Å². The number of carbonyl (C=O) groups is 1. The lowest BCUT2D eigenvalue weighted by molar-refractivity contribution is -0.136. The molecule has 2 N–H and O–H groups in total. The zero-order valence-corrected chi connectivity index (χ0v) is 15.7. The van der Waals surface area contributed by atoms with Gasteiger partial charge in [0.05, 0.1) is 25.7 Å². The maximum atomic E-state index is 13.2.